The number of hydrogen-bond donors (Lipinski definition) is 8. The summed E-state index contributed by atoms with van der Waals surface area (Å²) in [4.78, 5) is 13.3. The first kappa shape index (κ1) is 27.5. The molecule has 0 aliphatic carbocycles. The van der Waals surface area contributed by atoms with Crippen LogP contribution in [0.15, 0.2) is 51.9 Å². The SMILES string of the molecule is O=c1c(-c2ccc(O)cc2)coc2c([C@H]3O[C@H](CO[C@@H]4OC[C@@](O)(CO)[C@@H]4O)[C@H](O)[C@@H](O)[C@@H]3O)c(O)ccc12. The summed E-state index contributed by atoms with van der Waals surface area (Å²) in [7, 11) is 0. The summed E-state index contributed by atoms with van der Waals surface area (Å²) >= 11 is 0. The van der Waals surface area contributed by atoms with Gasteiger partial charge in [0, 0.05) is 0 Å². The quantitative estimate of drug-likeness (QED) is 0.183. The van der Waals surface area contributed by atoms with E-state index in [2.05, 4.69) is 0 Å². The normalized spacial score (nSPS) is 33.0. The maximum atomic E-state index is 13.3. The molecule has 2 aromatic carbocycles. The lowest BCUT2D eigenvalue weighted by Crippen LogP contribution is -2.56. The van der Waals surface area contributed by atoms with Crippen molar-refractivity contribution in [2.75, 3.05) is 19.8 Å². The zero-order valence-electron chi connectivity index (χ0n) is 20.3. The molecule has 210 valence electrons. The number of fused-ring (bicyclic) bond motifs is 1. The van der Waals surface area contributed by atoms with E-state index >= 15 is 0 Å². The Hall–Kier alpha value is -3.11. The highest BCUT2D eigenvalue weighted by molar-refractivity contribution is 5.86. The third kappa shape index (κ3) is 4.78. The molecule has 8 atom stereocenters. The van der Waals surface area contributed by atoms with Gasteiger partial charge in [-0.15, -0.1) is 0 Å². The predicted molar refractivity (Wildman–Crippen MR) is 131 cm³/mol. The Bertz CT molecular complexity index is 1390. The Morgan fingerprint density at radius 2 is 1.69 bits per heavy atom. The van der Waals surface area contributed by atoms with E-state index in [9.17, 15) is 45.6 Å². The number of benzene rings is 2. The molecule has 5 rings (SSSR count). The van der Waals surface area contributed by atoms with Gasteiger partial charge >= 0.3 is 0 Å². The van der Waals surface area contributed by atoms with Crippen molar-refractivity contribution in [3.05, 3.63) is 58.4 Å². The van der Waals surface area contributed by atoms with E-state index in [0.717, 1.165) is 6.26 Å². The molecular formula is C26H28O13. The fourth-order valence-corrected chi connectivity index (χ4v) is 4.78. The van der Waals surface area contributed by atoms with Crippen molar-refractivity contribution in [1.82, 2.24) is 0 Å². The van der Waals surface area contributed by atoms with Gasteiger partial charge in [0.2, 0.25) is 5.43 Å². The molecule has 2 fully saturated rings. The van der Waals surface area contributed by atoms with Gasteiger partial charge in [-0.2, -0.15) is 0 Å². The number of hydrogen-bond acceptors (Lipinski definition) is 13. The first-order valence-corrected chi connectivity index (χ1v) is 12.1. The minimum Gasteiger partial charge on any atom is -0.508 e. The van der Waals surface area contributed by atoms with Crippen LogP contribution in [0.4, 0.5) is 0 Å². The lowest BCUT2D eigenvalue weighted by molar-refractivity contribution is -0.252. The van der Waals surface area contributed by atoms with Gasteiger partial charge in [0.05, 0.1) is 36.3 Å². The average molecular weight is 548 g/mol. The van der Waals surface area contributed by atoms with E-state index in [0.29, 0.717) is 5.56 Å². The zero-order valence-corrected chi connectivity index (χ0v) is 20.3. The van der Waals surface area contributed by atoms with Crippen molar-refractivity contribution in [3.8, 4) is 22.6 Å². The molecule has 0 spiro atoms. The van der Waals surface area contributed by atoms with E-state index in [-0.39, 0.29) is 27.8 Å². The van der Waals surface area contributed by atoms with Crippen molar-refractivity contribution in [3.63, 3.8) is 0 Å². The second kappa shape index (κ2) is 10.5. The Balaban J connectivity index is 1.46. The summed E-state index contributed by atoms with van der Waals surface area (Å²) in [5, 5.41) is 81.7. The fourth-order valence-electron chi connectivity index (χ4n) is 4.78. The second-order valence-electron chi connectivity index (χ2n) is 9.69. The molecule has 1 aromatic heterocycles. The van der Waals surface area contributed by atoms with Gasteiger partial charge in [-0.1, -0.05) is 12.1 Å². The Morgan fingerprint density at radius 3 is 2.36 bits per heavy atom. The molecule has 0 unspecified atom stereocenters. The number of rotatable bonds is 6. The van der Waals surface area contributed by atoms with Gasteiger partial charge in [0.1, 0.15) is 65.6 Å². The molecular weight excluding hydrogens is 520 g/mol. The van der Waals surface area contributed by atoms with Crippen LogP contribution in [0.3, 0.4) is 0 Å². The minimum absolute atomic E-state index is 0.0110. The van der Waals surface area contributed by atoms with Gasteiger partial charge in [-0.25, -0.2) is 0 Å². The minimum atomic E-state index is -1.94. The summed E-state index contributed by atoms with van der Waals surface area (Å²) < 4.78 is 22.1. The van der Waals surface area contributed by atoms with E-state index < -0.39 is 79.5 Å². The Labute approximate surface area is 220 Å². The van der Waals surface area contributed by atoms with Crippen molar-refractivity contribution < 1.29 is 59.5 Å². The van der Waals surface area contributed by atoms with E-state index in [1.807, 2.05) is 0 Å². The second-order valence-corrected chi connectivity index (χ2v) is 9.69. The molecule has 13 heteroatoms. The molecule has 0 bridgehead atoms. The van der Waals surface area contributed by atoms with Crippen LogP contribution in [0.5, 0.6) is 11.5 Å². The van der Waals surface area contributed by atoms with Gasteiger partial charge in [0.25, 0.3) is 0 Å². The zero-order chi connectivity index (χ0) is 28.1. The van der Waals surface area contributed by atoms with Crippen LogP contribution in [-0.4, -0.2) is 103 Å². The largest absolute Gasteiger partial charge is 0.508 e. The highest BCUT2D eigenvalue weighted by Crippen LogP contribution is 2.41. The lowest BCUT2D eigenvalue weighted by Gasteiger charge is -2.41. The molecule has 2 saturated heterocycles. The lowest BCUT2D eigenvalue weighted by atomic mass is 9.89. The molecule has 0 saturated carbocycles. The van der Waals surface area contributed by atoms with Crippen LogP contribution in [-0.2, 0) is 14.2 Å². The molecule has 13 nitrogen and oxygen atoms in total. The van der Waals surface area contributed by atoms with Crippen molar-refractivity contribution in [2.24, 2.45) is 0 Å². The van der Waals surface area contributed by atoms with E-state index in [1.165, 1.54) is 36.4 Å². The smallest absolute Gasteiger partial charge is 0.200 e. The summed E-state index contributed by atoms with van der Waals surface area (Å²) in [5.74, 6) is -0.408. The van der Waals surface area contributed by atoms with E-state index in [4.69, 9.17) is 18.6 Å². The number of aromatic hydroxyl groups is 2. The molecule has 2 aliphatic rings. The summed E-state index contributed by atoms with van der Waals surface area (Å²) in [6, 6.07) is 8.39. The first-order valence-electron chi connectivity index (χ1n) is 12.1. The van der Waals surface area contributed by atoms with Crippen molar-refractivity contribution >= 4 is 11.0 Å². The predicted octanol–water partition coefficient (Wildman–Crippen LogP) is -1.15. The maximum Gasteiger partial charge on any atom is 0.200 e. The topological polar surface area (TPSA) is 220 Å². The highest BCUT2D eigenvalue weighted by atomic mass is 16.7. The monoisotopic (exact) mass is 548 g/mol. The molecule has 0 radical (unpaired) electrons. The molecule has 0 amide bonds. The number of phenolic OH excluding ortho intramolecular Hbond substituents is 2. The van der Waals surface area contributed by atoms with E-state index in [1.54, 1.807) is 0 Å². The molecule has 39 heavy (non-hydrogen) atoms. The van der Waals surface area contributed by atoms with Crippen LogP contribution in [0, 0.1) is 0 Å². The Kier molecular flexibility index (Phi) is 7.37. The van der Waals surface area contributed by atoms with Gasteiger partial charge in [-0.3, -0.25) is 4.79 Å². The summed E-state index contributed by atoms with van der Waals surface area (Å²) in [6.07, 6.45) is -9.88. The number of aliphatic hydroxyl groups excluding tert-OH is 5. The molecule has 8 N–H and O–H groups in total. The fraction of sp³-hybridized carbons (Fsp3) is 0.423. The number of aliphatic hydroxyl groups is 6. The maximum absolute atomic E-state index is 13.3. The van der Waals surface area contributed by atoms with Crippen LogP contribution in [0.2, 0.25) is 0 Å². The van der Waals surface area contributed by atoms with Crippen molar-refractivity contribution in [2.45, 2.75) is 48.5 Å². The number of ether oxygens (including phenoxy) is 3. The molecule has 2 aliphatic heterocycles. The van der Waals surface area contributed by atoms with Crippen molar-refractivity contribution in [1.29, 1.82) is 0 Å². The first-order chi connectivity index (χ1) is 18.6. The van der Waals surface area contributed by atoms with Gasteiger partial charge in [0.15, 0.2) is 6.29 Å². The van der Waals surface area contributed by atoms with Gasteiger partial charge < -0.3 is 59.5 Å². The highest BCUT2D eigenvalue weighted by Gasteiger charge is 2.50. The standard InChI is InChI=1S/C26H28O13/c27-9-26(35)10-38-25(24(26)34)37-8-16-19(31)20(32)21(33)23(39-16)17-15(29)6-5-13-18(30)14(7-36-22(13)17)11-1-3-12(28)4-2-11/h1-7,16,19-21,23-25,27-29,31-35H,8-10H2/t16-,19+,20-,21+,23-,24-,25-,26+/m1/s1. The molecule has 3 heterocycles. The summed E-state index contributed by atoms with van der Waals surface area (Å²) in [5.41, 5.74) is -2.07. The van der Waals surface area contributed by atoms with Crippen LogP contribution in [0.25, 0.3) is 22.1 Å². The van der Waals surface area contributed by atoms with Crippen LogP contribution >= 0.6 is 0 Å². The Morgan fingerprint density at radius 1 is 0.974 bits per heavy atom. The summed E-state index contributed by atoms with van der Waals surface area (Å²) in [6.45, 7) is -1.70. The average Bonchev–Trinajstić information content (AvgIpc) is 3.22. The number of phenols is 2. The van der Waals surface area contributed by atoms with Crippen LogP contribution < -0.4 is 5.43 Å². The third-order valence-corrected chi connectivity index (χ3v) is 7.14. The van der Waals surface area contributed by atoms with Crippen LogP contribution in [0.1, 0.15) is 11.7 Å². The molecule has 3 aromatic rings. The third-order valence-electron chi connectivity index (χ3n) is 7.14. The van der Waals surface area contributed by atoms with Gasteiger partial charge in [-0.05, 0) is 29.8 Å².